The van der Waals surface area contributed by atoms with E-state index in [9.17, 15) is 9.50 Å². The van der Waals surface area contributed by atoms with Crippen molar-refractivity contribution in [3.05, 3.63) is 29.6 Å². The molecule has 1 fully saturated rings. The van der Waals surface area contributed by atoms with E-state index in [0.29, 0.717) is 11.5 Å². The molecular formula is C14H19FO3. The summed E-state index contributed by atoms with van der Waals surface area (Å²) in [6.45, 7) is 0. The predicted molar refractivity (Wildman–Crippen MR) is 66.2 cm³/mol. The first-order chi connectivity index (χ1) is 8.67. The van der Waals surface area contributed by atoms with Crippen LogP contribution in [0.25, 0.3) is 0 Å². The molecule has 2 rings (SSSR count). The monoisotopic (exact) mass is 254 g/mol. The second kappa shape index (κ2) is 5.67. The highest BCUT2D eigenvalue weighted by Gasteiger charge is 2.36. The van der Waals surface area contributed by atoms with E-state index in [4.69, 9.17) is 9.47 Å². The van der Waals surface area contributed by atoms with Gasteiger partial charge in [0.2, 0.25) is 0 Å². The maximum Gasteiger partial charge on any atom is 0.168 e. The molecule has 0 amide bonds. The quantitative estimate of drug-likeness (QED) is 0.845. The highest BCUT2D eigenvalue weighted by molar-refractivity contribution is 5.31. The van der Waals surface area contributed by atoms with Crippen LogP contribution in [0.3, 0.4) is 0 Å². The molecule has 1 N–H and O–H groups in total. The van der Waals surface area contributed by atoms with E-state index < -0.39 is 11.9 Å². The summed E-state index contributed by atoms with van der Waals surface area (Å²) >= 11 is 0. The van der Waals surface area contributed by atoms with Gasteiger partial charge in [0.05, 0.1) is 19.3 Å². The smallest absolute Gasteiger partial charge is 0.168 e. The standard InChI is InChI=1S/C14H19FO3/c1-17-12-5-3-4-10(13(12)15)8-11(16)14(18-2)9-6-7-9/h3-5,9,11,14,16H,6-8H2,1-2H3. The number of aliphatic hydroxyl groups excluding tert-OH is 1. The molecule has 2 atom stereocenters. The van der Waals surface area contributed by atoms with Gasteiger partial charge in [0.1, 0.15) is 0 Å². The topological polar surface area (TPSA) is 38.7 Å². The number of hydrogen-bond acceptors (Lipinski definition) is 3. The Kier molecular flexibility index (Phi) is 4.19. The van der Waals surface area contributed by atoms with E-state index in [1.54, 1.807) is 25.3 Å². The van der Waals surface area contributed by atoms with E-state index in [1.165, 1.54) is 7.11 Å². The van der Waals surface area contributed by atoms with Gasteiger partial charge in [-0.3, -0.25) is 0 Å². The molecule has 0 spiro atoms. The summed E-state index contributed by atoms with van der Waals surface area (Å²) in [6, 6.07) is 4.96. The Balaban J connectivity index is 2.08. The molecule has 2 unspecified atom stereocenters. The van der Waals surface area contributed by atoms with Gasteiger partial charge in [0.25, 0.3) is 0 Å². The fourth-order valence-electron chi connectivity index (χ4n) is 2.30. The Labute approximate surface area is 107 Å². The molecule has 1 saturated carbocycles. The Morgan fingerprint density at radius 1 is 1.39 bits per heavy atom. The van der Waals surface area contributed by atoms with Crippen LogP contribution in [-0.4, -0.2) is 31.5 Å². The van der Waals surface area contributed by atoms with Crippen LogP contribution >= 0.6 is 0 Å². The highest BCUT2D eigenvalue weighted by Crippen LogP contribution is 2.36. The SMILES string of the molecule is COc1cccc(CC(O)C(OC)C2CC2)c1F. The first kappa shape index (κ1) is 13.3. The molecule has 0 radical (unpaired) electrons. The molecule has 0 heterocycles. The molecule has 0 aliphatic heterocycles. The zero-order valence-corrected chi connectivity index (χ0v) is 10.7. The lowest BCUT2D eigenvalue weighted by Crippen LogP contribution is -2.32. The van der Waals surface area contributed by atoms with Crippen LogP contribution < -0.4 is 4.74 Å². The van der Waals surface area contributed by atoms with Gasteiger partial charge in [-0.25, -0.2) is 4.39 Å². The van der Waals surface area contributed by atoms with Crippen molar-refractivity contribution >= 4 is 0 Å². The number of ether oxygens (including phenoxy) is 2. The van der Waals surface area contributed by atoms with Crippen molar-refractivity contribution in [1.82, 2.24) is 0 Å². The number of benzene rings is 1. The van der Waals surface area contributed by atoms with Crippen LogP contribution in [0.1, 0.15) is 18.4 Å². The number of aliphatic hydroxyl groups is 1. The second-order valence-electron chi connectivity index (χ2n) is 4.74. The molecule has 18 heavy (non-hydrogen) atoms. The molecular weight excluding hydrogens is 235 g/mol. The summed E-state index contributed by atoms with van der Waals surface area (Å²) in [4.78, 5) is 0. The molecule has 1 aliphatic rings. The maximum atomic E-state index is 13.9. The van der Waals surface area contributed by atoms with E-state index in [1.807, 2.05) is 0 Å². The number of rotatable bonds is 6. The van der Waals surface area contributed by atoms with Crippen molar-refractivity contribution < 1.29 is 19.0 Å². The predicted octanol–water partition coefficient (Wildman–Crippen LogP) is 2.16. The fraction of sp³-hybridized carbons (Fsp3) is 0.571. The van der Waals surface area contributed by atoms with Crippen LogP contribution in [0.5, 0.6) is 5.75 Å². The van der Waals surface area contributed by atoms with Crippen molar-refractivity contribution in [2.24, 2.45) is 5.92 Å². The third kappa shape index (κ3) is 2.82. The minimum atomic E-state index is -0.677. The minimum absolute atomic E-state index is 0.199. The first-order valence-electron chi connectivity index (χ1n) is 6.19. The molecule has 0 bridgehead atoms. The second-order valence-corrected chi connectivity index (χ2v) is 4.74. The summed E-state index contributed by atoms with van der Waals surface area (Å²) in [7, 11) is 3.02. The molecule has 4 heteroatoms. The summed E-state index contributed by atoms with van der Waals surface area (Å²) in [5, 5.41) is 10.1. The van der Waals surface area contributed by atoms with Crippen molar-refractivity contribution in [3.8, 4) is 5.75 Å². The lowest BCUT2D eigenvalue weighted by molar-refractivity contribution is -0.0241. The summed E-state index contributed by atoms with van der Waals surface area (Å²) < 4.78 is 24.2. The Hall–Kier alpha value is -1.13. The first-order valence-corrected chi connectivity index (χ1v) is 6.19. The van der Waals surface area contributed by atoms with Crippen LogP contribution in [-0.2, 0) is 11.2 Å². The zero-order chi connectivity index (χ0) is 13.1. The molecule has 0 aromatic heterocycles. The van der Waals surface area contributed by atoms with E-state index >= 15 is 0 Å². The lowest BCUT2D eigenvalue weighted by Gasteiger charge is -2.21. The van der Waals surface area contributed by atoms with Crippen molar-refractivity contribution in [2.45, 2.75) is 31.5 Å². The van der Waals surface area contributed by atoms with E-state index in [-0.39, 0.29) is 18.3 Å². The van der Waals surface area contributed by atoms with Gasteiger partial charge in [-0.05, 0) is 30.4 Å². The Morgan fingerprint density at radius 3 is 2.67 bits per heavy atom. The third-order valence-corrected chi connectivity index (χ3v) is 3.43. The molecule has 100 valence electrons. The molecule has 1 aromatic rings. The highest BCUT2D eigenvalue weighted by atomic mass is 19.1. The van der Waals surface area contributed by atoms with Gasteiger partial charge < -0.3 is 14.6 Å². The van der Waals surface area contributed by atoms with Gasteiger partial charge in [-0.2, -0.15) is 0 Å². The number of hydrogen-bond donors (Lipinski definition) is 1. The van der Waals surface area contributed by atoms with Crippen LogP contribution in [0.15, 0.2) is 18.2 Å². The molecule has 1 aromatic carbocycles. The van der Waals surface area contributed by atoms with Gasteiger partial charge in [-0.15, -0.1) is 0 Å². The third-order valence-electron chi connectivity index (χ3n) is 3.43. The molecule has 1 aliphatic carbocycles. The fourth-order valence-corrected chi connectivity index (χ4v) is 2.30. The minimum Gasteiger partial charge on any atom is -0.494 e. The van der Waals surface area contributed by atoms with Crippen LogP contribution in [0.2, 0.25) is 0 Å². The van der Waals surface area contributed by atoms with E-state index in [0.717, 1.165) is 12.8 Å². The van der Waals surface area contributed by atoms with Crippen molar-refractivity contribution in [1.29, 1.82) is 0 Å². The number of halogens is 1. The van der Waals surface area contributed by atoms with Crippen molar-refractivity contribution in [2.75, 3.05) is 14.2 Å². The Bertz CT molecular complexity index is 404. The number of methoxy groups -OCH3 is 2. The Morgan fingerprint density at radius 2 is 2.11 bits per heavy atom. The zero-order valence-electron chi connectivity index (χ0n) is 10.7. The van der Waals surface area contributed by atoms with Crippen molar-refractivity contribution in [3.63, 3.8) is 0 Å². The molecule has 3 nitrogen and oxygen atoms in total. The van der Waals surface area contributed by atoms with Gasteiger partial charge >= 0.3 is 0 Å². The normalized spacial score (nSPS) is 18.4. The van der Waals surface area contributed by atoms with Gasteiger partial charge in [-0.1, -0.05) is 12.1 Å². The largest absolute Gasteiger partial charge is 0.494 e. The molecule has 0 saturated heterocycles. The van der Waals surface area contributed by atoms with Gasteiger partial charge in [0.15, 0.2) is 11.6 Å². The van der Waals surface area contributed by atoms with Gasteiger partial charge in [0, 0.05) is 13.5 Å². The average molecular weight is 254 g/mol. The summed E-state index contributed by atoms with van der Waals surface area (Å²) in [5.41, 5.74) is 0.463. The van der Waals surface area contributed by atoms with Crippen LogP contribution in [0, 0.1) is 11.7 Å². The lowest BCUT2D eigenvalue weighted by atomic mass is 10.0. The van der Waals surface area contributed by atoms with E-state index in [2.05, 4.69) is 0 Å². The summed E-state index contributed by atoms with van der Waals surface area (Å²) in [6.07, 6.45) is 1.53. The average Bonchev–Trinajstić information content (AvgIpc) is 3.17. The van der Waals surface area contributed by atoms with Crippen LogP contribution in [0.4, 0.5) is 4.39 Å². The maximum absolute atomic E-state index is 13.9. The summed E-state index contributed by atoms with van der Waals surface area (Å²) in [5.74, 6) is 0.225.